The van der Waals surface area contributed by atoms with Gasteiger partial charge in [-0.25, -0.2) is 0 Å². The van der Waals surface area contributed by atoms with Gasteiger partial charge in [0, 0.05) is 24.9 Å². The van der Waals surface area contributed by atoms with Gasteiger partial charge in [-0.15, -0.1) is 0 Å². The van der Waals surface area contributed by atoms with Crippen LogP contribution < -0.4 is 5.73 Å². The van der Waals surface area contributed by atoms with Crippen molar-refractivity contribution >= 4 is 5.91 Å². The average Bonchev–Trinajstić information content (AvgIpc) is 2.17. The van der Waals surface area contributed by atoms with Gasteiger partial charge in [-0.3, -0.25) is 4.79 Å². The Kier molecular flexibility index (Phi) is 3.29. The lowest BCUT2D eigenvalue weighted by Crippen LogP contribution is -2.54. The first kappa shape index (κ1) is 10.9. The number of carbonyl (C=O) groups excluding carboxylic acids is 1. The zero-order valence-corrected chi connectivity index (χ0v) is 9.61. The summed E-state index contributed by atoms with van der Waals surface area (Å²) in [5.74, 6) is 2.10. The van der Waals surface area contributed by atoms with Crippen molar-refractivity contribution in [2.45, 2.75) is 32.6 Å². The first-order valence-electron chi connectivity index (χ1n) is 6.19. The Morgan fingerprint density at radius 2 is 1.87 bits per heavy atom. The third-order valence-electron chi connectivity index (χ3n) is 3.97. The fraction of sp³-hybridized carbons (Fsp3) is 0.917. The average molecular weight is 210 g/mol. The van der Waals surface area contributed by atoms with Crippen LogP contribution in [0.5, 0.6) is 0 Å². The lowest BCUT2D eigenvalue weighted by atomic mass is 9.81. The highest BCUT2D eigenvalue weighted by Crippen LogP contribution is 2.31. The van der Waals surface area contributed by atoms with Crippen molar-refractivity contribution in [2.24, 2.45) is 23.5 Å². The lowest BCUT2D eigenvalue weighted by Gasteiger charge is -2.41. The molecule has 0 atom stereocenters. The maximum Gasteiger partial charge on any atom is 0.225 e. The molecule has 1 saturated carbocycles. The van der Waals surface area contributed by atoms with E-state index in [1.54, 1.807) is 0 Å². The number of amides is 1. The Bertz CT molecular complexity index is 228. The van der Waals surface area contributed by atoms with Gasteiger partial charge in [0.2, 0.25) is 5.91 Å². The van der Waals surface area contributed by atoms with Crippen molar-refractivity contribution in [1.82, 2.24) is 4.90 Å². The zero-order chi connectivity index (χ0) is 10.8. The number of rotatable bonds is 2. The molecule has 0 aromatic rings. The highest BCUT2D eigenvalue weighted by Gasteiger charge is 2.34. The minimum atomic E-state index is 0.319. The topological polar surface area (TPSA) is 46.3 Å². The van der Waals surface area contributed by atoms with Crippen LogP contribution in [0.4, 0.5) is 0 Å². The molecule has 0 aromatic carbocycles. The molecule has 0 radical (unpaired) electrons. The van der Waals surface area contributed by atoms with E-state index < -0.39 is 0 Å². The molecule has 2 aliphatic rings. The van der Waals surface area contributed by atoms with E-state index >= 15 is 0 Å². The van der Waals surface area contributed by atoms with Gasteiger partial charge in [0.15, 0.2) is 0 Å². The summed E-state index contributed by atoms with van der Waals surface area (Å²) in [7, 11) is 0. The Labute approximate surface area is 92.0 Å². The minimum absolute atomic E-state index is 0.319. The summed E-state index contributed by atoms with van der Waals surface area (Å²) in [5, 5.41) is 0. The van der Waals surface area contributed by atoms with Gasteiger partial charge in [0.1, 0.15) is 0 Å². The quantitative estimate of drug-likeness (QED) is 0.745. The van der Waals surface area contributed by atoms with Crippen molar-refractivity contribution < 1.29 is 4.79 Å². The largest absolute Gasteiger partial charge is 0.342 e. The Hall–Kier alpha value is -0.570. The summed E-state index contributed by atoms with van der Waals surface area (Å²) in [5.41, 5.74) is 5.55. The van der Waals surface area contributed by atoms with E-state index in [0.717, 1.165) is 38.4 Å². The van der Waals surface area contributed by atoms with Crippen molar-refractivity contribution in [2.75, 3.05) is 19.6 Å². The number of nitrogens with zero attached hydrogens (tertiary/aromatic N) is 1. The second kappa shape index (κ2) is 4.52. The van der Waals surface area contributed by atoms with Crippen LogP contribution in [0.1, 0.15) is 32.6 Å². The van der Waals surface area contributed by atoms with Crippen LogP contribution in [0.25, 0.3) is 0 Å². The van der Waals surface area contributed by atoms with Crippen LogP contribution in [0.15, 0.2) is 0 Å². The van der Waals surface area contributed by atoms with Gasteiger partial charge >= 0.3 is 0 Å². The molecule has 3 heteroatoms. The van der Waals surface area contributed by atoms with E-state index in [1.165, 1.54) is 12.8 Å². The molecule has 2 fully saturated rings. The molecule has 86 valence electrons. The second-order valence-electron chi connectivity index (χ2n) is 5.30. The molecule has 15 heavy (non-hydrogen) atoms. The summed E-state index contributed by atoms with van der Waals surface area (Å²) >= 11 is 0. The zero-order valence-electron chi connectivity index (χ0n) is 9.61. The van der Waals surface area contributed by atoms with Crippen LogP contribution in [-0.4, -0.2) is 30.4 Å². The summed E-state index contributed by atoms with van der Waals surface area (Å²) in [6.45, 7) is 4.82. The highest BCUT2D eigenvalue weighted by atomic mass is 16.2. The molecule has 1 aliphatic carbocycles. The van der Waals surface area contributed by atoms with Crippen molar-refractivity contribution in [3.63, 3.8) is 0 Å². The predicted molar refractivity (Wildman–Crippen MR) is 60.2 cm³/mol. The van der Waals surface area contributed by atoms with Crippen LogP contribution in [0.3, 0.4) is 0 Å². The molecular weight excluding hydrogens is 188 g/mol. The van der Waals surface area contributed by atoms with Gasteiger partial charge in [0.25, 0.3) is 0 Å². The number of hydrogen-bond donors (Lipinski definition) is 1. The van der Waals surface area contributed by atoms with E-state index in [1.807, 2.05) is 4.90 Å². The summed E-state index contributed by atoms with van der Waals surface area (Å²) in [6, 6.07) is 0. The van der Waals surface area contributed by atoms with Crippen LogP contribution >= 0.6 is 0 Å². The van der Waals surface area contributed by atoms with Crippen LogP contribution in [0.2, 0.25) is 0 Å². The van der Waals surface area contributed by atoms with Crippen LogP contribution in [-0.2, 0) is 4.79 Å². The molecule has 0 bridgehead atoms. The first-order valence-corrected chi connectivity index (χ1v) is 6.19. The molecule has 0 aromatic heterocycles. The summed E-state index contributed by atoms with van der Waals surface area (Å²) in [4.78, 5) is 14.0. The van der Waals surface area contributed by atoms with Crippen molar-refractivity contribution in [3.8, 4) is 0 Å². The molecule has 2 rings (SSSR count). The molecule has 1 saturated heterocycles. The van der Waals surface area contributed by atoms with Crippen LogP contribution in [0, 0.1) is 17.8 Å². The van der Waals surface area contributed by atoms with Crippen molar-refractivity contribution in [1.29, 1.82) is 0 Å². The summed E-state index contributed by atoms with van der Waals surface area (Å²) < 4.78 is 0. The summed E-state index contributed by atoms with van der Waals surface area (Å²) in [6.07, 6.45) is 4.66. The minimum Gasteiger partial charge on any atom is -0.342 e. The Balaban J connectivity index is 1.77. The maximum atomic E-state index is 12.0. The number of hydrogen-bond acceptors (Lipinski definition) is 2. The number of likely N-dealkylation sites (tertiary alicyclic amines) is 1. The SMILES string of the molecule is CC1CCC(C(=O)N2CC(CN)C2)CC1. The lowest BCUT2D eigenvalue weighted by molar-refractivity contribution is -0.143. The first-order chi connectivity index (χ1) is 7.20. The van der Waals surface area contributed by atoms with Gasteiger partial charge in [-0.05, 0) is 38.1 Å². The van der Waals surface area contributed by atoms with Gasteiger partial charge < -0.3 is 10.6 Å². The molecule has 0 unspecified atom stereocenters. The van der Waals surface area contributed by atoms with Gasteiger partial charge in [-0.2, -0.15) is 0 Å². The smallest absolute Gasteiger partial charge is 0.225 e. The number of carbonyl (C=O) groups is 1. The number of nitrogens with two attached hydrogens (primary N) is 1. The highest BCUT2D eigenvalue weighted by molar-refractivity contribution is 5.79. The van der Waals surface area contributed by atoms with E-state index in [9.17, 15) is 4.79 Å². The fourth-order valence-corrected chi connectivity index (χ4v) is 2.66. The van der Waals surface area contributed by atoms with E-state index in [2.05, 4.69) is 6.92 Å². The van der Waals surface area contributed by atoms with E-state index in [4.69, 9.17) is 5.73 Å². The normalized spacial score (nSPS) is 32.5. The molecule has 1 aliphatic heterocycles. The standard InChI is InChI=1S/C12H22N2O/c1-9-2-4-11(5-3-9)12(15)14-7-10(6-13)8-14/h9-11H,2-8,13H2,1H3. The molecule has 2 N–H and O–H groups in total. The molecule has 0 spiro atoms. The molecule has 1 amide bonds. The molecular formula is C12H22N2O. The van der Waals surface area contributed by atoms with Gasteiger partial charge in [-0.1, -0.05) is 6.92 Å². The third-order valence-corrected chi connectivity index (χ3v) is 3.97. The molecule has 3 nitrogen and oxygen atoms in total. The fourth-order valence-electron chi connectivity index (χ4n) is 2.66. The Morgan fingerprint density at radius 1 is 1.27 bits per heavy atom. The third kappa shape index (κ3) is 2.33. The predicted octanol–water partition coefficient (Wildman–Crippen LogP) is 1.23. The van der Waals surface area contributed by atoms with Crippen molar-refractivity contribution in [3.05, 3.63) is 0 Å². The second-order valence-corrected chi connectivity index (χ2v) is 5.30. The Morgan fingerprint density at radius 3 is 2.40 bits per heavy atom. The van der Waals surface area contributed by atoms with Gasteiger partial charge in [0.05, 0.1) is 0 Å². The van der Waals surface area contributed by atoms with E-state index in [0.29, 0.717) is 17.7 Å². The molecule has 1 heterocycles. The monoisotopic (exact) mass is 210 g/mol. The van der Waals surface area contributed by atoms with E-state index in [-0.39, 0.29) is 0 Å². The maximum absolute atomic E-state index is 12.0.